The van der Waals surface area contributed by atoms with E-state index >= 15 is 0 Å². The number of nitrogens with two attached hydrogens (primary N) is 4. The molecule has 6 amide bonds. The normalized spacial score (nSPS) is 15.0. The van der Waals surface area contributed by atoms with Crippen LogP contribution in [0, 0.1) is 11.8 Å². The summed E-state index contributed by atoms with van der Waals surface area (Å²) in [5.74, 6) is -6.10. The van der Waals surface area contributed by atoms with Gasteiger partial charge >= 0.3 is 5.97 Å². The molecule has 310 valence electrons. The van der Waals surface area contributed by atoms with E-state index in [0.29, 0.717) is 5.56 Å². The van der Waals surface area contributed by atoms with E-state index < -0.39 is 90.3 Å². The Morgan fingerprint density at radius 3 is 1.38 bits per heavy atom. The molecule has 7 atom stereocenters. The molecule has 16 N–H and O–H groups in total. The molecule has 0 saturated carbocycles. The zero-order valence-electron chi connectivity index (χ0n) is 32.2. The van der Waals surface area contributed by atoms with Crippen LogP contribution in [-0.4, -0.2) is 120 Å². The third kappa shape index (κ3) is 18.0. The highest BCUT2D eigenvalue weighted by Gasteiger charge is 2.34. The molecule has 1 aromatic carbocycles. The highest BCUT2D eigenvalue weighted by Crippen LogP contribution is 2.10. The Morgan fingerprint density at radius 1 is 0.545 bits per heavy atom. The van der Waals surface area contributed by atoms with Gasteiger partial charge < -0.3 is 65.0 Å². The summed E-state index contributed by atoms with van der Waals surface area (Å²) in [6.07, 6.45) is 0.272. The zero-order valence-corrected chi connectivity index (χ0v) is 32.2. The molecule has 0 spiro atoms. The van der Waals surface area contributed by atoms with Crippen LogP contribution in [0.3, 0.4) is 0 Å². The van der Waals surface area contributed by atoms with E-state index in [4.69, 9.17) is 22.9 Å². The maximum Gasteiger partial charge on any atom is 0.326 e. The van der Waals surface area contributed by atoms with Crippen LogP contribution in [0.25, 0.3) is 0 Å². The van der Waals surface area contributed by atoms with E-state index in [-0.39, 0.29) is 70.0 Å². The highest BCUT2D eigenvalue weighted by molar-refractivity contribution is 5.97. The van der Waals surface area contributed by atoms with E-state index in [2.05, 4.69) is 31.9 Å². The fourth-order valence-corrected chi connectivity index (χ4v) is 5.47. The topological polar surface area (TPSA) is 336 Å². The molecule has 19 heteroatoms. The molecule has 1 aromatic rings. The lowest BCUT2D eigenvalue weighted by Crippen LogP contribution is -2.60. The smallest absolute Gasteiger partial charge is 0.326 e. The van der Waals surface area contributed by atoms with Gasteiger partial charge in [0.05, 0.1) is 12.6 Å². The second kappa shape index (κ2) is 25.4. The fraction of sp³-hybridized carbons (Fsp3) is 0.639. The van der Waals surface area contributed by atoms with Gasteiger partial charge in [0.25, 0.3) is 0 Å². The molecule has 0 heterocycles. The van der Waals surface area contributed by atoms with Crippen molar-refractivity contribution in [3.63, 3.8) is 0 Å². The van der Waals surface area contributed by atoms with Gasteiger partial charge in [0.1, 0.15) is 36.3 Å². The lowest BCUT2D eigenvalue weighted by atomic mass is 10.00. The maximum absolute atomic E-state index is 13.9. The Balaban J connectivity index is 3.28. The minimum Gasteiger partial charge on any atom is -0.480 e. The van der Waals surface area contributed by atoms with Crippen molar-refractivity contribution in [3.05, 3.63) is 35.9 Å². The van der Waals surface area contributed by atoms with Crippen molar-refractivity contribution in [2.24, 2.45) is 34.8 Å². The summed E-state index contributed by atoms with van der Waals surface area (Å²) in [5.41, 5.74) is 23.4. The summed E-state index contributed by atoms with van der Waals surface area (Å²) in [6.45, 7) is 6.46. The number of rotatable bonds is 26. The number of amides is 6. The summed E-state index contributed by atoms with van der Waals surface area (Å²) >= 11 is 0. The van der Waals surface area contributed by atoms with Crippen molar-refractivity contribution in [3.8, 4) is 0 Å². The van der Waals surface area contributed by atoms with Gasteiger partial charge in [-0.2, -0.15) is 0 Å². The molecule has 0 aliphatic heterocycles. The van der Waals surface area contributed by atoms with E-state index in [1.807, 2.05) is 13.8 Å². The van der Waals surface area contributed by atoms with Crippen LogP contribution in [-0.2, 0) is 40.0 Å². The van der Waals surface area contributed by atoms with Crippen molar-refractivity contribution < 1.29 is 43.8 Å². The predicted molar refractivity (Wildman–Crippen MR) is 204 cm³/mol. The molecular weight excluding hydrogens is 716 g/mol. The summed E-state index contributed by atoms with van der Waals surface area (Å²) < 4.78 is 0. The molecule has 0 saturated heterocycles. The molecule has 0 bridgehead atoms. The van der Waals surface area contributed by atoms with Crippen LogP contribution >= 0.6 is 0 Å². The number of carboxylic acids is 1. The zero-order chi connectivity index (χ0) is 41.7. The summed E-state index contributed by atoms with van der Waals surface area (Å²) in [4.78, 5) is 91.7. The second-order valence-corrected chi connectivity index (χ2v) is 14.2. The molecule has 0 aliphatic carbocycles. The standard InChI is InChI=1S/C36H62N10O9/c1-20(2)16-26(33(51)42-24(11-14-38)31(49)41-25(12-15-39)32(50)45-28(36(54)55)17-21(3)4)43-34(52)27(18-22-8-6-5-7-9-22)44-35(53)29(19-47)46-30(48)23(40)10-13-37/h5-9,20-21,23-29,47H,10-19,37-40H2,1-4H3,(H,41,49)(H,42,51)(H,43,52)(H,44,53)(H,45,50)(H,46,48)(H,54,55)/t23-,24-,25-,26-,27+,28-,29-/m0/s1. The number of aliphatic carboxylic acids is 1. The summed E-state index contributed by atoms with van der Waals surface area (Å²) in [7, 11) is 0. The third-order valence-electron chi connectivity index (χ3n) is 8.38. The van der Waals surface area contributed by atoms with Gasteiger partial charge in [-0.05, 0) is 69.1 Å². The fourth-order valence-electron chi connectivity index (χ4n) is 5.47. The first kappa shape index (κ1) is 48.3. The number of hydrogen-bond acceptors (Lipinski definition) is 12. The van der Waals surface area contributed by atoms with Crippen molar-refractivity contribution >= 4 is 41.4 Å². The lowest BCUT2D eigenvalue weighted by Gasteiger charge is -2.28. The molecule has 0 fully saturated rings. The molecule has 1 rings (SSSR count). The second-order valence-electron chi connectivity index (χ2n) is 14.2. The van der Waals surface area contributed by atoms with Crippen molar-refractivity contribution in [2.75, 3.05) is 26.2 Å². The van der Waals surface area contributed by atoms with Gasteiger partial charge in [0.15, 0.2) is 0 Å². The molecular formula is C36H62N10O9. The van der Waals surface area contributed by atoms with Crippen LogP contribution in [0.15, 0.2) is 30.3 Å². The van der Waals surface area contributed by atoms with Gasteiger partial charge in [-0.3, -0.25) is 28.8 Å². The van der Waals surface area contributed by atoms with Crippen molar-refractivity contribution in [1.29, 1.82) is 0 Å². The van der Waals surface area contributed by atoms with Crippen molar-refractivity contribution in [1.82, 2.24) is 31.9 Å². The number of hydrogen-bond donors (Lipinski definition) is 12. The van der Waals surface area contributed by atoms with Gasteiger partial charge in [-0.25, -0.2) is 4.79 Å². The average Bonchev–Trinajstić information content (AvgIpc) is 3.12. The first-order chi connectivity index (χ1) is 26.0. The first-order valence-corrected chi connectivity index (χ1v) is 18.5. The quantitative estimate of drug-likeness (QED) is 0.0439. The average molecular weight is 779 g/mol. The minimum absolute atomic E-state index is 0.0232. The minimum atomic E-state index is -1.46. The lowest BCUT2D eigenvalue weighted by molar-refractivity contribution is -0.142. The molecule has 0 aromatic heterocycles. The van der Waals surface area contributed by atoms with Crippen LogP contribution in [0.5, 0.6) is 0 Å². The number of carboxylic acid groups (broad SMARTS) is 1. The first-order valence-electron chi connectivity index (χ1n) is 18.5. The Morgan fingerprint density at radius 2 is 0.927 bits per heavy atom. The van der Waals surface area contributed by atoms with E-state index in [1.165, 1.54) is 0 Å². The number of aliphatic hydroxyl groups excluding tert-OH is 1. The number of nitrogens with one attached hydrogen (secondary N) is 6. The van der Waals surface area contributed by atoms with E-state index in [9.17, 15) is 43.8 Å². The number of benzene rings is 1. The van der Waals surface area contributed by atoms with Gasteiger partial charge in [-0.15, -0.1) is 0 Å². The van der Waals surface area contributed by atoms with E-state index in [0.717, 1.165) is 0 Å². The Kier molecular flexibility index (Phi) is 22.3. The van der Waals surface area contributed by atoms with Crippen LogP contribution in [0.2, 0.25) is 0 Å². The number of aliphatic hydroxyl groups is 1. The molecule has 55 heavy (non-hydrogen) atoms. The molecule has 0 aliphatic rings. The summed E-state index contributed by atoms with van der Waals surface area (Å²) in [5, 5.41) is 34.7. The third-order valence-corrected chi connectivity index (χ3v) is 8.38. The highest BCUT2D eigenvalue weighted by atomic mass is 16.4. The van der Waals surface area contributed by atoms with E-state index in [1.54, 1.807) is 44.2 Å². The number of carbonyl (C=O) groups is 7. The Labute approximate surface area is 322 Å². The molecule has 0 radical (unpaired) electrons. The monoisotopic (exact) mass is 778 g/mol. The molecule has 0 unspecified atom stereocenters. The predicted octanol–water partition coefficient (Wildman–Crippen LogP) is -3.32. The van der Waals surface area contributed by atoms with Crippen molar-refractivity contribution in [2.45, 2.75) is 109 Å². The van der Waals surface area contributed by atoms with Gasteiger partial charge in [0.2, 0.25) is 35.4 Å². The largest absolute Gasteiger partial charge is 0.480 e. The van der Waals surface area contributed by atoms with Gasteiger partial charge in [-0.1, -0.05) is 58.0 Å². The summed E-state index contributed by atoms with van der Waals surface area (Å²) in [6, 6.07) is 0.0104. The molecule has 19 nitrogen and oxygen atoms in total. The number of carbonyl (C=O) groups excluding carboxylic acids is 6. The Hall–Kier alpha value is -4.69. The van der Waals surface area contributed by atoms with Gasteiger partial charge in [0, 0.05) is 6.42 Å². The van der Waals surface area contributed by atoms with Crippen LogP contribution < -0.4 is 54.8 Å². The van der Waals surface area contributed by atoms with Crippen LogP contribution in [0.4, 0.5) is 0 Å². The SMILES string of the molecule is CC(C)C[C@H](NC(=O)[C@H](CCN)NC(=O)[C@H](CCN)NC(=O)[C@H](CC(C)C)NC(=O)[C@@H](Cc1ccccc1)NC(=O)[C@H](CO)NC(=O)[C@@H](N)CCN)C(=O)O. The van der Waals surface area contributed by atoms with Crippen LogP contribution in [0.1, 0.15) is 65.4 Å². The maximum atomic E-state index is 13.9. The Bertz CT molecular complexity index is 1400.